The topological polar surface area (TPSA) is 103 Å². The average molecular weight is 422 g/mol. The van der Waals surface area contributed by atoms with Crippen LogP contribution in [0.1, 0.15) is 6.99 Å². The maximum absolute atomic E-state index is 12.0. The van der Waals surface area contributed by atoms with E-state index in [0.29, 0.717) is 33.6 Å². The zero-order valence-electron chi connectivity index (χ0n) is 16.1. The van der Waals surface area contributed by atoms with Crippen LogP contribution in [0.15, 0.2) is 56.8 Å². The number of nitrogens with one attached hydrogen (secondary N) is 1. The quantitative estimate of drug-likeness (QED) is 0.333. The molecule has 0 saturated carbocycles. The first-order valence-electron chi connectivity index (χ1n) is 9.09. The van der Waals surface area contributed by atoms with E-state index in [2.05, 4.69) is 20.2 Å². The number of rotatable bonds is 5. The lowest BCUT2D eigenvalue weighted by molar-refractivity contribution is 0.355. The molecule has 30 heavy (non-hydrogen) atoms. The molecule has 2 aromatic carbocycles. The van der Waals surface area contributed by atoms with Gasteiger partial charge in [0.2, 0.25) is 5.16 Å². The summed E-state index contributed by atoms with van der Waals surface area (Å²) in [5, 5.41) is 10.8. The minimum Gasteiger partial charge on any atom is -0.493 e. The van der Waals surface area contributed by atoms with Gasteiger partial charge >= 0.3 is 5.63 Å². The SMILES string of the molecule is COc1cc2oc(=O)cc(CSc3nnc4c(n3)[nH]c3ccccc34)c2cc1OC.[HH]. The van der Waals surface area contributed by atoms with Gasteiger partial charge in [-0.3, -0.25) is 0 Å². The Hall–Kier alpha value is -3.59. The Morgan fingerprint density at radius 2 is 1.87 bits per heavy atom. The summed E-state index contributed by atoms with van der Waals surface area (Å²) in [6, 6.07) is 12.8. The van der Waals surface area contributed by atoms with Crippen LogP contribution in [-0.2, 0) is 5.75 Å². The number of para-hydroxylation sites is 1. The number of hydrogen-bond donors (Lipinski definition) is 1. The van der Waals surface area contributed by atoms with E-state index in [4.69, 9.17) is 13.9 Å². The number of nitrogens with zero attached hydrogens (tertiary/aromatic N) is 3. The lowest BCUT2D eigenvalue weighted by atomic mass is 10.1. The predicted molar refractivity (Wildman–Crippen MR) is 116 cm³/mol. The third-order valence-corrected chi connectivity index (χ3v) is 5.68. The van der Waals surface area contributed by atoms with Crippen LogP contribution >= 0.6 is 11.8 Å². The highest BCUT2D eigenvalue weighted by Gasteiger charge is 2.14. The first kappa shape index (κ1) is 18.4. The number of aromatic nitrogens is 4. The van der Waals surface area contributed by atoms with Crippen molar-refractivity contribution in [1.29, 1.82) is 0 Å². The van der Waals surface area contributed by atoms with Gasteiger partial charge in [-0.2, -0.15) is 0 Å². The Labute approximate surface area is 175 Å². The van der Waals surface area contributed by atoms with Crippen molar-refractivity contribution in [3.05, 3.63) is 58.4 Å². The van der Waals surface area contributed by atoms with Gasteiger partial charge in [0.1, 0.15) is 11.1 Å². The van der Waals surface area contributed by atoms with Crippen molar-refractivity contribution >= 4 is 44.8 Å². The minimum absolute atomic E-state index is 0. The fraction of sp³-hybridized carbons (Fsp3) is 0.143. The minimum atomic E-state index is -0.435. The summed E-state index contributed by atoms with van der Waals surface area (Å²) in [6.07, 6.45) is 0. The maximum Gasteiger partial charge on any atom is 0.336 e. The number of hydrogen-bond acceptors (Lipinski definition) is 8. The van der Waals surface area contributed by atoms with Crippen LogP contribution in [0.5, 0.6) is 11.5 Å². The van der Waals surface area contributed by atoms with E-state index in [9.17, 15) is 4.79 Å². The summed E-state index contributed by atoms with van der Waals surface area (Å²) in [5.74, 6) is 1.52. The number of ether oxygens (including phenoxy) is 2. The molecule has 0 spiro atoms. The predicted octanol–water partition coefficient (Wildman–Crippen LogP) is 4.17. The molecule has 1 N–H and O–H groups in total. The molecule has 3 heterocycles. The van der Waals surface area contributed by atoms with Crippen LogP contribution in [0.25, 0.3) is 33.0 Å². The Balaban J connectivity index is 0.00000231. The molecular weight excluding hydrogens is 404 g/mol. The van der Waals surface area contributed by atoms with Gasteiger partial charge in [0, 0.05) is 35.6 Å². The molecule has 0 fully saturated rings. The number of thioether (sulfide) groups is 1. The zero-order chi connectivity index (χ0) is 20.7. The van der Waals surface area contributed by atoms with Gasteiger partial charge in [0.05, 0.1) is 14.2 Å². The van der Waals surface area contributed by atoms with E-state index in [1.165, 1.54) is 24.9 Å². The van der Waals surface area contributed by atoms with Crippen LogP contribution in [0.2, 0.25) is 0 Å². The molecule has 0 atom stereocenters. The van der Waals surface area contributed by atoms with Gasteiger partial charge in [0.15, 0.2) is 17.1 Å². The molecule has 0 saturated heterocycles. The van der Waals surface area contributed by atoms with Gasteiger partial charge in [-0.15, -0.1) is 10.2 Å². The average Bonchev–Trinajstić information content (AvgIpc) is 3.14. The van der Waals surface area contributed by atoms with Crippen molar-refractivity contribution in [2.24, 2.45) is 0 Å². The van der Waals surface area contributed by atoms with Gasteiger partial charge < -0.3 is 18.9 Å². The van der Waals surface area contributed by atoms with E-state index < -0.39 is 5.63 Å². The molecule has 8 nitrogen and oxygen atoms in total. The molecule has 5 aromatic rings. The van der Waals surface area contributed by atoms with E-state index >= 15 is 0 Å². The molecule has 3 aromatic heterocycles. The van der Waals surface area contributed by atoms with Crippen molar-refractivity contribution < 1.29 is 15.3 Å². The molecule has 0 radical (unpaired) electrons. The van der Waals surface area contributed by atoms with Crippen molar-refractivity contribution in [1.82, 2.24) is 20.2 Å². The van der Waals surface area contributed by atoms with Crippen LogP contribution in [0.3, 0.4) is 0 Å². The smallest absolute Gasteiger partial charge is 0.336 e. The third-order valence-electron chi connectivity index (χ3n) is 4.79. The maximum atomic E-state index is 12.0. The fourth-order valence-electron chi connectivity index (χ4n) is 3.38. The zero-order valence-corrected chi connectivity index (χ0v) is 16.9. The highest BCUT2D eigenvalue weighted by Crippen LogP contribution is 2.34. The van der Waals surface area contributed by atoms with Crippen molar-refractivity contribution in [3.8, 4) is 11.5 Å². The van der Waals surface area contributed by atoms with Gasteiger partial charge in [0.25, 0.3) is 0 Å². The molecule has 0 aliphatic heterocycles. The number of benzene rings is 2. The highest BCUT2D eigenvalue weighted by atomic mass is 32.2. The molecular formula is C21H18N4O4S. The van der Waals surface area contributed by atoms with Crippen molar-refractivity contribution in [2.75, 3.05) is 14.2 Å². The number of aromatic amines is 1. The Morgan fingerprint density at radius 1 is 1.07 bits per heavy atom. The second-order valence-electron chi connectivity index (χ2n) is 6.54. The summed E-state index contributed by atoms with van der Waals surface area (Å²) >= 11 is 1.39. The Morgan fingerprint density at radius 3 is 2.70 bits per heavy atom. The van der Waals surface area contributed by atoms with Gasteiger partial charge in [-0.25, -0.2) is 9.78 Å². The number of fused-ring (bicyclic) bond motifs is 4. The molecule has 0 bridgehead atoms. The Kier molecular flexibility index (Phi) is 4.51. The highest BCUT2D eigenvalue weighted by molar-refractivity contribution is 7.98. The lowest BCUT2D eigenvalue weighted by Crippen LogP contribution is -2.01. The second kappa shape index (κ2) is 7.34. The van der Waals surface area contributed by atoms with Gasteiger partial charge in [-0.05, 0) is 17.7 Å². The summed E-state index contributed by atoms with van der Waals surface area (Å²) in [5.41, 5.74) is 3.16. The largest absolute Gasteiger partial charge is 0.493 e. The van der Waals surface area contributed by atoms with Crippen LogP contribution < -0.4 is 15.1 Å². The van der Waals surface area contributed by atoms with E-state index in [1.54, 1.807) is 19.2 Å². The third kappa shape index (κ3) is 3.13. The molecule has 152 valence electrons. The van der Waals surface area contributed by atoms with E-state index in [-0.39, 0.29) is 1.43 Å². The molecule has 9 heteroatoms. The fourth-order valence-corrected chi connectivity index (χ4v) is 4.16. The molecule has 0 aliphatic rings. The second-order valence-corrected chi connectivity index (χ2v) is 7.49. The molecule has 0 unspecified atom stereocenters. The van der Waals surface area contributed by atoms with Crippen molar-refractivity contribution in [2.45, 2.75) is 10.9 Å². The Bertz CT molecular complexity index is 1470. The van der Waals surface area contributed by atoms with Crippen LogP contribution in [-0.4, -0.2) is 34.4 Å². The number of methoxy groups -OCH3 is 2. The molecule has 0 amide bonds. The van der Waals surface area contributed by atoms with Crippen LogP contribution in [0, 0.1) is 0 Å². The van der Waals surface area contributed by atoms with E-state index in [1.807, 2.05) is 24.3 Å². The first-order valence-corrected chi connectivity index (χ1v) is 10.1. The molecule has 5 rings (SSSR count). The first-order chi connectivity index (χ1) is 14.7. The van der Waals surface area contributed by atoms with Crippen molar-refractivity contribution in [3.63, 3.8) is 0 Å². The summed E-state index contributed by atoms with van der Waals surface area (Å²) < 4.78 is 16.0. The summed E-state index contributed by atoms with van der Waals surface area (Å²) in [6.45, 7) is 0. The standard InChI is InChI=1S/C21H16N4O4S.H2/c1-27-16-8-13-11(7-18(26)29-15(13)9-17(16)28-2)10-30-21-23-20-19(24-25-21)12-5-3-4-6-14(12)22-20;/h3-9H,10H2,1-2H3,(H,22,23,25);1H. The summed E-state index contributed by atoms with van der Waals surface area (Å²) in [4.78, 5) is 19.9. The monoisotopic (exact) mass is 422 g/mol. The van der Waals surface area contributed by atoms with Gasteiger partial charge in [-0.1, -0.05) is 30.0 Å². The molecule has 0 aliphatic carbocycles. The number of H-pyrrole nitrogens is 1. The van der Waals surface area contributed by atoms with Crippen LogP contribution in [0.4, 0.5) is 0 Å². The lowest BCUT2D eigenvalue weighted by Gasteiger charge is -2.10. The normalized spacial score (nSPS) is 11.4. The van der Waals surface area contributed by atoms with E-state index in [0.717, 1.165) is 27.4 Å². The summed E-state index contributed by atoms with van der Waals surface area (Å²) in [7, 11) is 3.10.